The molecule has 2 rings (SSSR count). The summed E-state index contributed by atoms with van der Waals surface area (Å²) in [6.45, 7) is 12.5. The summed E-state index contributed by atoms with van der Waals surface area (Å²) in [5.41, 5.74) is 3.36. The highest BCUT2D eigenvalue weighted by molar-refractivity contribution is 5.88. The first-order chi connectivity index (χ1) is 15.2. The summed E-state index contributed by atoms with van der Waals surface area (Å²) in [7, 11) is 0. The molecule has 174 valence electrons. The number of aryl methyl sites for hydroxylation is 1. The van der Waals surface area contributed by atoms with E-state index in [0.717, 1.165) is 17.5 Å². The normalized spacial score (nSPS) is 12.8. The number of benzene rings is 2. The second kappa shape index (κ2) is 12.3. The van der Waals surface area contributed by atoms with E-state index in [-0.39, 0.29) is 24.5 Å². The number of carbonyl (C=O) groups is 2. The number of hydrogen-bond donors (Lipinski definition) is 1. The Morgan fingerprint density at radius 3 is 2.09 bits per heavy atom. The summed E-state index contributed by atoms with van der Waals surface area (Å²) >= 11 is 0. The SMILES string of the molecule is CC[C@@H](C)NC(=O)[C@H](CC)N(Cc1ccc(C)cc1)C(=O)COc1ccc(C(C)C)cc1. The van der Waals surface area contributed by atoms with Crippen molar-refractivity contribution in [3.05, 3.63) is 65.2 Å². The van der Waals surface area contributed by atoms with Crippen LogP contribution >= 0.6 is 0 Å². The fraction of sp³-hybridized carbons (Fsp3) is 0.481. The highest BCUT2D eigenvalue weighted by atomic mass is 16.5. The molecule has 0 bridgehead atoms. The van der Waals surface area contributed by atoms with Gasteiger partial charge in [0, 0.05) is 12.6 Å². The molecule has 0 heterocycles. The largest absolute Gasteiger partial charge is 0.484 e. The first kappa shape index (κ1) is 25.4. The molecule has 2 aromatic carbocycles. The van der Waals surface area contributed by atoms with Crippen LogP contribution in [0.3, 0.4) is 0 Å². The maximum atomic E-state index is 13.2. The Kier molecular flexibility index (Phi) is 9.76. The predicted octanol–water partition coefficient (Wildman–Crippen LogP) is 5.22. The number of hydrogen-bond acceptors (Lipinski definition) is 3. The van der Waals surface area contributed by atoms with Crippen LogP contribution in [0.15, 0.2) is 48.5 Å². The van der Waals surface area contributed by atoms with Crippen molar-refractivity contribution in [1.82, 2.24) is 10.2 Å². The van der Waals surface area contributed by atoms with Crippen LogP contribution in [0, 0.1) is 6.92 Å². The lowest BCUT2D eigenvalue weighted by molar-refractivity contribution is -0.143. The third kappa shape index (κ3) is 7.40. The number of amides is 2. The third-order valence-corrected chi connectivity index (χ3v) is 5.77. The molecule has 0 saturated carbocycles. The van der Waals surface area contributed by atoms with Gasteiger partial charge in [-0.25, -0.2) is 0 Å². The monoisotopic (exact) mass is 438 g/mol. The maximum Gasteiger partial charge on any atom is 0.261 e. The van der Waals surface area contributed by atoms with Gasteiger partial charge < -0.3 is 15.0 Å². The molecule has 0 aliphatic carbocycles. The van der Waals surface area contributed by atoms with Gasteiger partial charge in [0.25, 0.3) is 5.91 Å². The molecule has 0 aliphatic rings. The van der Waals surface area contributed by atoms with Gasteiger partial charge in [-0.3, -0.25) is 9.59 Å². The zero-order valence-electron chi connectivity index (χ0n) is 20.4. The summed E-state index contributed by atoms with van der Waals surface area (Å²) in [6.07, 6.45) is 1.37. The summed E-state index contributed by atoms with van der Waals surface area (Å²) in [4.78, 5) is 27.9. The fourth-order valence-electron chi connectivity index (χ4n) is 3.43. The van der Waals surface area contributed by atoms with Crippen LogP contribution in [0.4, 0.5) is 0 Å². The predicted molar refractivity (Wildman–Crippen MR) is 130 cm³/mol. The third-order valence-electron chi connectivity index (χ3n) is 5.77. The maximum absolute atomic E-state index is 13.2. The van der Waals surface area contributed by atoms with Crippen LogP contribution in [-0.2, 0) is 16.1 Å². The molecule has 0 aromatic heterocycles. The van der Waals surface area contributed by atoms with Gasteiger partial charge in [0.05, 0.1) is 0 Å². The molecule has 0 unspecified atom stereocenters. The minimum absolute atomic E-state index is 0.0589. The Morgan fingerprint density at radius 2 is 1.56 bits per heavy atom. The van der Waals surface area contributed by atoms with Crippen molar-refractivity contribution in [2.45, 2.75) is 78.9 Å². The van der Waals surface area contributed by atoms with Gasteiger partial charge in [-0.2, -0.15) is 0 Å². The lowest BCUT2D eigenvalue weighted by Crippen LogP contribution is -2.51. The minimum atomic E-state index is -0.551. The topological polar surface area (TPSA) is 58.6 Å². The molecule has 0 radical (unpaired) electrons. The van der Waals surface area contributed by atoms with Crippen LogP contribution in [-0.4, -0.2) is 35.4 Å². The Balaban J connectivity index is 2.18. The Hall–Kier alpha value is -2.82. The average molecular weight is 439 g/mol. The zero-order chi connectivity index (χ0) is 23.7. The number of carbonyl (C=O) groups excluding carboxylic acids is 2. The molecule has 1 N–H and O–H groups in total. The standard InChI is InChI=1S/C27H38N2O3/c1-7-21(6)28-27(31)25(8-2)29(17-22-11-9-20(5)10-12-22)26(30)18-32-24-15-13-23(14-16-24)19(3)4/h9-16,19,21,25H,7-8,17-18H2,1-6H3,(H,28,31)/t21-,25+/m1/s1. The summed E-state index contributed by atoms with van der Waals surface area (Å²) < 4.78 is 5.79. The highest BCUT2D eigenvalue weighted by Crippen LogP contribution is 2.19. The van der Waals surface area contributed by atoms with E-state index in [9.17, 15) is 9.59 Å². The molecule has 5 nitrogen and oxygen atoms in total. The van der Waals surface area contributed by atoms with E-state index in [0.29, 0.717) is 24.6 Å². The molecular formula is C27H38N2O3. The summed E-state index contributed by atoms with van der Waals surface area (Å²) in [5, 5.41) is 3.03. The molecule has 2 aromatic rings. The summed E-state index contributed by atoms with van der Waals surface area (Å²) in [5.74, 6) is 0.758. The van der Waals surface area contributed by atoms with Gasteiger partial charge in [-0.15, -0.1) is 0 Å². The number of nitrogens with zero attached hydrogens (tertiary/aromatic N) is 1. The van der Waals surface area contributed by atoms with Gasteiger partial charge in [0.2, 0.25) is 5.91 Å². The van der Waals surface area contributed by atoms with Crippen molar-refractivity contribution in [2.24, 2.45) is 0 Å². The van der Waals surface area contributed by atoms with Gasteiger partial charge in [0.1, 0.15) is 11.8 Å². The van der Waals surface area contributed by atoms with Crippen LogP contribution in [0.1, 0.15) is 70.1 Å². The van der Waals surface area contributed by atoms with Crippen LogP contribution in [0.5, 0.6) is 5.75 Å². The molecule has 2 atom stereocenters. The van der Waals surface area contributed by atoms with E-state index in [1.54, 1.807) is 4.90 Å². The average Bonchev–Trinajstić information content (AvgIpc) is 2.78. The second-order valence-electron chi connectivity index (χ2n) is 8.76. The van der Waals surface area contributed by atoms with Crippen molar-refractivity contribution in [2.75, 3.05) is 6.61 Å². The minimum Gasteiger partial charge on any atom is -0.484 e. The van der Waals surface area contributed by atoms with E-state index in [1.807, 2.05) is 76.2 Å². The Bertz CT molecular complexity index is 859. The van der Waals surface area contributed by atoms with Gasteiger partial charge in [0.15, 0.2) is 6.61 Å². The Labute approximate surface area is 193 Å². The van der Waals surface area contributed by atoms with Gasteiger partial charge in [-0.1, -0.05) is 69.7 Å². The van der Waals surface area contributed by atoms with Crippen LogP contribution < -0.4 is 10.1 Å². The quantitative estimate of drug-likeness (QED) is 0.523. The van der Waals surface area contributed by atoms with Gasteiger partial charge in [-0.05, 0) is 55.9 Å². The van der Waals surface area contributed by atoms with Crippen molar-refractivity contribution >= 4 is 11.8 Å². The van der Waals surface area contributed by atoms with E-state index in [4.69, 9.17) is 4.74 Å². The molecule has 0 fully saturated rings. The molecule has 0 saturated heterocycles. The smallest absolute Gasteiger partial charge is 0.261 e. The number of rotatable bonds is 11. The summed E-state index contributed by atoms with van der Waals surface area (Å²) in [6, 6.07) is 15.4. The molecule has 2 amide bonds. The molecule has 0 aliphatic heterocycles. The lowest BCUT2D eigenvalue weighted by Gasteiger charge is -2.31. The van der Waals surface area contributed by atoms with Crippen molar-refractivity contribution in [3.8, 4) is 5.75 Å². The van der Waals surface area contributed by atoms with E-state index in [2.05, 4.69) is 19.2 Å². The number of ether oxygens (including phenoxy) is 1. The van der Waals surface area contributed by atoms with E-state index >= 15 is 0 Å². The van der Waals surface area contributed by atoms with Crippen molar-refractivity contribution in [3.63, 3.8) is 0 Å². The van der Waals surface area contributed by atoms with Crippen LogP contribution in [0.2, 0.25) is 0 Å². The molecular weight excluding hydrogens is 400 g/mol. The van der Waals surface area contributed by atoms with Crippen LogP contribution in [0.25, 0.3) is 0 Å². The van der Waals surface area contributed by atoms with Gasteiger partial charge >= 0.3 is 0 Å². The molecule has 0 spiro atoms. The zero-order valence-corrected chi connectivity index (χ0v) is 20.4. The highest BCUT2D eigenvalue weighted by Gasteiger charge is 2.29. The second-order valence-corrected chi connectivity index (χ2v) is 8.76. The first-order valence-corrected chi connectivity index (χ1v) is 11.6. The Morgan fingerprint density at radius 1 is 0.938 bits per heavy atom. The van der Waals surface area contributed by atoms with Crippen molar-refractivity contribution in [1.29, 1.82) is 0 Å². The number of nitrogens with one attached hydrogen (secondary N) is 1. The first-order valence-electron chi connectivity index (χ1n) is 11.6. The van der Waals surface area contributed by atoms with E-state index in [1.165, 1.54) is 5.56 Å². The van der Waals surface area contributed by atoms with Crippen molar-refractivity contribution < 1.29 is 14.3 Å². The molecule has 32 heavy (non-hydrogen) atoms. The lowest BCUT2D eigenvalue weighted by atomic mass is 10.0. The van der Waals surface area contributed by atoms with E-state index < -0.39 is 6.04 Å². The molecule has 5 heteroatoms. The fourth-order valence-corrected chi connectivity index (χ4v) is 3.43.